The normalized spacial score (nSPS) is 30.2. The van der Waals surface area contributed by atoms with Crippen molar-refractivity contribution in [3.8, 4) is 0 Å². The molecule has 1 aromatic carbocycles. The van der Waals surface area contributed by atoms with Crippen molar-refractivity contribution >= 4 is 5.91 Å². The van der Waals surface area contributed by atoms with Crippen molar-refractivity contribution in [2.75, 3.05) is 0 Å². The summed E-state index contributed by atoms with van der Waals surface area (Å²) in [6.45, 7) is 0. The van der Waals surface area contributed by atoms with Gasteiger partial charge in [0, 0.05) is 6.04 Å². The van der Waals surface area contributed by atoms with Crippen molar-refractivity contribution in [3.05, 3.63) is 35.9 Å². The smallest absolute Gasteiger partial charge is 0.242 e. The molecule has 2 atom stereocenters. The monoisotopic (exact) mass is 202 g/mol. The Balaban J connectivity index is 1.88. The molecule has 2 fully saturated rings. The maximum Gasteiger partial charge on any atom is 0.242 e. The van der Waals surface area contributed by atoms with Gasteiger partial charge in [-0.25, -0.2) is 0 Å². The molecule has 1 aromatic rings. The molecule has 2 aliphatic rings. The summed E-state index contributed by atoms with van der Waals surface area (Å²) < 4.78 is 0. The Bertz CT molecular complexity index is 386. The Morgan fingerprint density at radius 3 is 2.47 bits per heavy atom. The van der Waals surface area contributed by atoms with Crippen LogP contribution in [0.25, 0.3) is 0 Å². The Kier molecular flexibility index (Phi) is 1.83. The van der Waals surface area contributed by atoms with E-state index < -0.39 is 0 Å². The molecular formula is C12H14N2O. The number of benzene rings is 1. The van der Waals surface area contributed by atoms with Gasteiger partial charge in [0.1, 0.15) is 6.04 Å². The number of nitrogens with two attached hydrogens (primary N) is 1. The third-order valence-electron chi connectivity index (χ3n) is 3.26. The van der Waals surface area contributed by atoms with Crippen molar-refractivity contribution in [1.29, 1.82) is 0 Å². The van der Waals surface area contributed by atoms with Crippen LogP contribution in [0.4, 0.5) is 0 Å². The highest BCUT2D eigenvalue weighted by Gasteiger charge is 2.51. The summed E-state index contributed by atoms with van der Waals surface area (Å²) in [6, 6.07) is 10.3. The number of nitrogens with zero attached hydrogens (tertiary/aromatic N) is 1. The number of hydrogen-bond acceptors (Lipinski definition) is 2. The van der Waals surface area contributed by atoms with Crippen LogP contribution in [-0.2, 0) is 4.79 Å². The number of rotatable bonds is 2. The number of carbonyl (C=O) groups excluding carboxylic acids is 1. The van der Waals surface area contributed by atoms with Crippen LogP contribution >= 0.6 is 0 Å². The molecular weight excluding hydrogens is 188 g/mol. The van der Waals surface area contributed by atoms with Crippen molar-refractivity contribution < 1.29 is 4.79 Å². The van der Waals surface area contributed by atoms with Crippen molar-refractivity contribution in [3.63, 3.8) is 0 Å². The molecule has 78 valence electrons. The molecule has 1 heterocycles. The average molecular weight is 202 g/mol. The number of β-lactam (4-membered cyclic amide) rings is 1. The van der Waals surface area contributed by atoms with E-state index in [1.54, 1.807) is 0 Å². The molecule has 1 saturated carbocycles. The van der Waals surface area contributed by atoms with Gasteiger partial charge in [-0.1, -0.05) is 30.3 Å². The average Bonchev–Trinajstić information content (AvgIpc) is 3.09. The molecule has 15 heavy (non-hydrogen) atoms. The predicted molar refractivity (Wildman–Crippen MR) is 57.0 cm³/mol. The van der Waals surface area contributed by atoms with Crippen LogP contribution in [0.15, 0.2) is 30.3 Å². The first kappa shape index (κ1) is 8.92. The minimum Gasteiger partial charge on any atom is -0.329 e. The summed E-state index contributed by atoms with van der Waals surface area (Å²) in [6.07, 6.45) is 2.28. The van der Waals surface area contributed by atoms with Gasteiger partial charge in [-0.05, 0) is 18.4 Å². The summed E-state index contributed by atoms with van der Waals surface area (Å²) in [5, 5.41) is 0. The van der Waals surface area contributed by atoms with Crippen molar-refractivity contribution in [2.24, 2.45) is 5.73 Å². The fraction of sp³-hybridized carbons (Fsp3) is 0.417. The van der Waals surface area contributed by atoms with Gasteiger partial charge in [0.15, 0.2) is 0 Å². The molecule has 0 spiro atoms. The summed E-state index contributed by atoms with van der Waals surface area (Å²) in [7, 11) is 0. The van der Waals surface area contributed by atoms with E-state index in [4.69, 9.17) is 5.73 Å². The molecule has 2 N–H and O–H groups in total. The standard InChI is InChI=1S/C12H14N2O/c13-10-11(8-4-2-1-3-5-8)14(12(10)15)9-6-7-9/h1-5,9-11H,6-7,13H2. The second-order valence-electron chi connectivity index (χ2n) is 4.36. The summed E-state index contributed by atoms with van der Waals surface area (Å²) in [5.41, 5.74) is 7.03. The van der Waals surface area contributed by atoms with Gasteiger partial charge in [-0.3, -0.25) is 4.79 Å². The minimum absolute atomic E-state index is 0.117. The number of amides is 1. The molecule has 1 aliphatic carbocycles. The van der Waals surface area contributed by atoms with E-state index in [9.17, 15) is 4.79 Å². The van der Waals surface area contributed by atoms with E-state index in [0.29, 0.717) is 6.04 Å². The van der Waals surface area contributed by atoms with Gasteiger partial charge in [-0.15, -0.1) is 0 Å². The molecule has 1 amide bonds. The molecule has 0 aromatic heterocycles. The zero-order valence-corrected chi connectivity index (χ0v) is 8.47. The summed E-state index contributed by atoms with van der Waals surface area (Å²) >= 11 is 0. The van der Waals surface area contributed by atoms with Gasteiger partial charge in [0.25, 0.3) is 0 Å². The first-order valence-electron chi connectivity index (χ1n) is 5.42. The Labute approximate surface area is 88.9 Å². The largest absolute Gasteiger partial charge is 0.329 e. The fourth-order valence-corrected chi connectivity index (χ4v) is 2.31. The zero-order valence-electron chi connectivity index (χ0n) is 8.47. The lowest BCUT2D eigenvalue weighted by Crippen LogP contribution is -2.63. The van der Waals surface area contributed by atoms with Gasteiger partial charge in [0.05, 0.1) is 6.04 Å². The quantitative estimate of drug-likeness (QED) is 0.729. The van der Waals surface area contributed by atoms with Gasteiger partial charge >= 0.3 is 0 Å². The van der Waals surface area contributed by atoms with Crippen LogP contribution in [0.3, 0.4) is 0 Å². The molecule has 3 heteroatoms. The summed E-state index contributed by atoms with van der Waals surface area (Å²) in [5.74, 6) is 0.117. The first-order chi connectivity index (χ1) is 7.29. The highest BCUT2D eigenvalue weighted by molar-refractivity contribution is 5.90. The maximum atomic E-state index is 11.6. The lowest BCUT2D eigenvalue weighted by Gasteiger charge is -2.46. The van der Waals surface area contributed by atoms with Crippen molar-refractivity contribution in [1.82, 2.24) is 4.90 Å². The highest BCUT2D eigenvalue weighted by atomic mass is 16.2. The molecule has 0 radical (unpaired) electrons. The second-order valence-corrected chi connectivity index (χ2v) is 4.36. The van der Waals surface area contributed by atoms with E-state index in [2.05, 4.69) is 0 Å². The van der Waals surface area contributed by atoms with Crippen molar-refractivity contribution in [2.45, 2.75) is 31.0 Å². The number of carbonyl (C=O) groups is 1. The number of likely N-dealkylation sites (tertiary alicyclic amines) is 1. The van der Waals surface area contributed by atoms with Crippen LogP contribution in [-0.4, -0.2) is 22.9 Å². The second kappa shape index (κ2) is 3.07. The molecule has 3 nitrogen and oxygen atoms in total. The Morgan fingerprint density at radius 1 is 1.20 bits per heavy atom. The van der Waals surface area contributed by atoms with Crippen LogP contribution < -0.4 is 5.73 Å². The van der Waals surface area contributed by atoms with Gasteiger partial charge in [-0.2, -0.15) is 0 Å². The molecule has 1 saturated heterocycles. The van der Waals surface area contributed by atoms with E-state index in [-0.39, 0.29) is 18.0 Å². The van der Waals surface area contributed by atoms with E-state index in [1.807, 2.05) is 35.2 Å². The molecule has 1 aliphatic heterocycles. The SMILES string of the molecule is NC1C(=O)N(C2CC2)C1c1ccccc1. The lowest BCUT2D eigenvalue weighted by atomic mass is 9.89. The topological polar surface area (TPSA) is 46.3 Å². The fourth-order valence-electron chi connectivity index (χ4n) is 2.31. The van der Waals surface area contributed by atoms with Crippen LogP contribution in [0, 0.1) is 0 Å². The Hall–Kier alpha value is -1.35. The van der Waals surface area contributed by atoms with Crippen LogP contribution in [0.2, 0.25) is 0 Å². The molecule has 2 unspecified atom stereocenters. The third-order valence-corrected chi connectivity index (χ3v) is 3.26. The predicted octanol–water partition coefficient (Wildman–Crippen LogP) is 1.06. The Morgan fingerprint density at radius 2 is 1.87 bits per heavy atom. The molecule has 3 rings (SSSR count). The van der Waals surface area contributed by atoms with Crippen LogP contribution in [0.5, 0.6) is 0 Å². The van der Waals surface area contributed by atoms with E-state index in [1.165, 1.54) is 0 Å². The van der Waals surface area contributed by atoms with Crippen LogP contribution in [0.1, 0.15) is 24.4 Å². The third kappa shape index (κ3) is 1.27. The lowest BCUT2D eigenvalue weighted by molar-refractivity contribution is -0.150. The summed E-state index contributed by atoms with van der Waals surface area (Å²) in [4.78, 5) is 13.6. The van der Waals surface area contributed by atoms with E-state index >= 15 is 0 Å². The molecule has 0 bridgehead atoms. The first-order valence-corrected chi connectivity index (χ1v) is 5.42. The maximum absolute atomic E-state index is 11.6. The zero-order chi connectivity index (χ0) is 10.4. The minimum atomic E-state index is -0.326. The van der Waals surface area contributed by atoms with Gasteiger partial charge < -0.3 is 10.6 Å². The van der Waals surface area contributed by atoms with E-state index in [0.717, 1.165) is 18.4 Å². The highest BCUT2D eigenvalue weighted by Crippen LogP contribution is 2.42. The van der Waals surface area contributed by atoms with Gasteiger partial charge in [0.2, 0.25) is 5.91 Å². The number of hydrogen-bond donors (Lipinski definition) is 1.